The van der Waals surface area contributed by atoms with Gasteiger partial charge in [-0.2, -0.15) is 0 Å². The van der Waals surface area contributed by atoms with E-state index in [1.54, 1.807) is 0 Å². The van der Waals surface area contributed by atoms with Gasteiger partial charge in [0.2, 0.25) is 5.91 Å². The zero-order chi connectivity index (χ0) is 14.4. The van der Waals surface area contributed by atoms with Gasteiger partial charge in [0.05, 0.1) is 12.2 Å². The second-order valence-corrected chi connectivity index (χ2v) is 4.28. The Morgan fingerprint density at radius 3 is 2.63 bits per heavy atom. The fraction of sp³-hybridized carbons (Fsp3) is 0.462. The zero-order valence-corrected chi connectivity index (χ0v) is 11.2. The summed E-state index contributed by atoms with van der Waals surface area (Å²) >= 11 is 0. The number of anilines is 1. The number of hydrogen-bond donors (Lipinski definition) is 2. The van der Waals surface area contributed by atoms with Crippen LogP contribution in [0.3, 0.4) is 0 Å². The summed E-state index contributed by atoms with van der Waals surface area (Å²) in [4.78, 5) is 12.9. The van der Waals surface area contributed by atoms with E-state index in [4.69, 9.17) is 5.73 Å². The molecule has 0 aliphatic carbocycles. The SMILES string of the molecule is CCCNC(=O)CN(C)c1ccc(CN)c(F)c1F. The number of benzene rings is 1. The maximum Gasteiger partial charge on any atom is 0.239 e. The highest BCUT2D eigenvalue weighted by Crippen LogP contribution is 2.23. The zero-order valence-electron chi connectivity index (χ0n) is 11.2. The first kappa shape index (κ1) is 15.4. The van der Waals surface area contributed by atoms with Crippen LogP contribution in [0.1, 0.15) is 18.9 Å². The summed E-state index contributed by atoms with van der Waals surface area (Å²) in [7, 11) is 1.53. The molecule has 0 heterocycles. The number of nitrogens with zero attached hydrogens (tertiary/aromatic N) is 1. The summed E-state index contributed by atoms with van der Waals surface area (Å²) in [5.41, 5.74) is 5.46. The topological polar surface area (TPSA) is 58.4 Å². The number of amides is 1. The van der Waals surface area contributed by atoms with Gasteiger partial charge in [0.1, 0.15) is 0 Å². The van der Waals surface area contributed by atoms with Crippen LogP contribution in [0.2, 0.25) is 0 Å². The molecule has 0 unspecified atom stereocenters. The Kier molecular flexibility index (Phi) is 5.69. The van der Waals surface area contributed by atoms with Crippen LogP contribution in [0.4, 0.5) is 14.5 Å². The van der Waals surface area contributed by atoms with Gasteiger partial charge in [-0.3, -0.25) is 4.79 Å². The van der Waals surface area contributed by atoms with Crippen molar-refractivity contribution in [3.8, 4) is 0 Å². The molecular formula is C13H19F2N3O. The Labute approximate surface area is 111 Å². The first-order valence-electron chi connectivity index (χ1n) is 6.16. The van der Waals surface area contributed by atoms with Crippen molar-refractivity contribution in [2.45, 2.75) is 19.9 Å². The van der Waals surface area contributed by atoms with Crippen LogP contribution in [-0.4, -0.2) is 26.0 Å². The fourth-order valence-corrected chi connectivity index (χ4v) is 1.65. The second kappa shape index (κ2) is 7.04. The summed E-state index contributed by atoms with van der Waals surface area (Å²) in [6.45, 7) is 2.41. The van der Waals surface area contributed by atoms with Gasteiger partial charge in [-0.1, -0.05) is 13.0 Å². The second-order valence-electron chi connectivity index (χ2n) is 4.28. The molecule has 0 aliphatic heterocycles. The maximum absolute atomic E-state index is 13.8. The van der Waals surface area contributed by atoms with Crippen LogP contribution >= 0.6 is 0 Å². The van der Waals surface area contributed by atoms with E-state index in [-0.39, 0.29) is 30.2 Å². The minimum atomic E-state index is -0.978. The lowest BCUT2D eigenvalue weighted by molar-refractivity contribution is -0.119. The summed E-state index contributed by atoms with van der Waals surface area (Å²) in [5, 5.41) is 2.67. The molecule has 0 spiro atoms. The average Bonchev–Trinajstić information content (AvgIpc) is 2.39. The van der Waals surface area contributed by atoms with E-state index in [9.17, 15) is 13.6 Å². The smallest absolute Gasteiger partial charge is 0.239 e. The predicted octanol–water partition coefficient (Wildman–Crippen LogP) is 1.39. The third-order valence-electron chi connectivity index (χ3n) is 2.73. The van der Waals surface area contributed by atoms with E-state index in [1.165, 1.54) is 24.1 Å². The fourth-order valence-electron chi connectivity index (χ4n) is 1.65. The summed E-state index contributed by atoms with van der Waals surface area (Å²) in [6, 6.07) is 2.85. The highest BCUT2D eigenvalue weighted by Gasteiger charge is 2.16. The lowest BCUT2D eigenvalue weighted by atomic mass is 10.1. The Balaban J connectivity index is 2.80. The van der Waals surface area contributed by atoms with Crippen LogP contribution in [-0.2, 0) is 11.3 Å². The highest BCUT2D eigenvalue weighted by molar-refractivity contribution is 5.81. The number of carbonyl (C=O) groups excluding carboxylic acids is 1. The largest absolute Gasteiger partial charge is 0.363 e. The van der Waals surface area contributed by atoms with E-state index in [0.717, 1.165) is 6.42 Å². The van der Waals surface area contributed by atoms with Gasteiger partial charge in [-0.05, 0) is 12.5 Å². The number of likely N-dealkylation sites (N-methyl/N-ethyl adjacent to an activating group) is 1. The van der Waals surface area contributed by atoms with Crippen molar-refractivity contribution in [3.05, 3.63) is 29.3 Å². The summed E-state index contributed by atoms with van der Waals surface area (Å²) < 4.78 is 27.4. The number of halogens is 2. The molecule has 19 heavy (non-hydrogen) atoms. The van der Waals surface area contributed by atoms with E-state index >= 15 is 0 Å². The number of nitrogens with two attached hydrogens (primary N) is 1. The van der Waals surface area contributed by atoms with Gasteiger partial charge in [0.25, 0.3) is 0 Å². The molecule has 0 bridgehead atoms. The minimum absolute atomic E-state index is 0.0294. The Bertz CT molecular complexity index is 452. The van der Waals surface area contributed by atoms with E-state index in [0.29, 0.717) is 6.54 Å². The van der Waals surface area contributed by atoms with Crippen molar-refractivity contribution in [1.29, 1.82) is 0 Å². The molecule has 0 fully saturated rings. The Morgan fingerprint density at radius 2 is 2.05 bits per heavy atom. The van der Waals surface area contributed by atoms with Gasteiger partial charge < -0.3 is 16.0 Å². The van der Waals surface area contributed by atoms with Crippen LogP contribution in [0.15, 0.2) is 12.1 Å². The molecule has 106 valence electrons. The molecular weight excluding hydrogens is 252 g/mol. The Hall–Kier alpha value is -1.69. The molecule has 0 aliphatic rings. The van der Waals surface area contributed by atoms with Crippen molar-refractivity contribution in [3.63, 3.8) is 0 Å². The maximum atomic E-state index is 13.8. The third-order valence-corrected chi connectivity index (χ3v) is 2.73. The van der Waals surface area contributed by atoms with Crippen LogP contribution in [0.5, 0.6) is 0 Å². The van der Waals surface area contributed by atoms with Gasteiger partial charge in [0, 0.05) is 25.7 Å². The number of nitrogens with one attached hydrogen (secondary N) is 1. The number of carbonyl (C=O) groups is 1. The first-order chi connectivity index (χ1) is 9.01. The molecule has 0 radical (unpaired) electrons. The minimum Gasteiger partial charge on any atom is -0.363 e. The van der Waals surface area contributed by atoms with Crippen molar-refractivity contribution < 1.29 is 13.6 Å². The number of rotatable bonds is 6. The van der Waals surface area contributed by atoms with Crippen molar-refractivity contribution in [2.24, 2.45) is 5.73 Å². The van der Waals surface area contributed by atoms with Gasteiger partial charge >= 0.3 is 0 Å². The highest BCUT2D eigenvalue weighted by atomic mass is 19.2. The van der Waals surface area contributed by atoms with E-state index in [1.807, 2.05) is 6.92 Å². The number of hydrogen-bond acceptors (Lipinski definition) is 3. The first-order valence-corrected chi connectivity index (χ1v) is 6.16. The summed E-state index contributed by atoms with van der Waals surface area (Å²) in [5.74, 6) is -2.17. The van der Waals surface area contributed by atoms with E-state index in [2.05, 4.69) is 5.32 Å². The lowest BCUT2D eigenvalue weighted by Crippen LogP contribution is -2.36. The molecule has 0 atom stereocenters. The monoisotopic (exact) mass is 271 g/mol. The molecule has 1 aromatic carbocycles. The van der Waals surface area contributed by atoms with Crippen molar-refractivity contribution in [2.75, 3.05) is 25.0 Å². The van der Waals surface area contributed by atoms with Crippen LogP contribution < -0.4 is 16.0 Å². The molecule has 1 rings (SSSR count). The predicted molar refractivity (Wildman–Crippen MR) is 70.8 cm³/mol. The van der Waals surface area contributed by atoms with Gasteiger partial charge in [0.15, 0.2) is 11.6 Å². The summed E-state index contributed by atoms with van der Waals surface area (Å²) in [6.07, 6.45) is 0.823. The third kappa shape index (κ3) is 3.89. The quantitative estimate of drug-likeness (QED) is 0.822. The molecule has 1 aromatic rings. The molecule has 3 N–H and O–H groups in total. The molecule has 1 amide bonds. The molecule has 4 nitrogen and oxygen atoms in total. The normalized spacial score (nSPS) is 10.4. The molecule has 0 aromatic heterocycles. The lowest BCUT2D eigenvalue weighted by Gasteiger charge is -2.20. The van der Waals surface area contributed by atoms with Crippen LogP contribution in [0, 0.1) is 11.6 Å². The van der Waals surface area contributed by atoms with Gasteiger partial charge in [-0.25, -0.2) is 8.78 Å². The standard InChI is InChI=1S/C13H19F2N3O/c1-3-6-17-11(19)8-18(2)10-5-4-9(7-16)12(14)13(10)15/h4-5H,3,6-8,16H2,1-2H3,(H,17,19). The molecule has 0 saturated carbocycles. The van der Waals surface area contributed by atoms with Crippen molar-refractivity contribution >= 4 is 11.6 Å². The van der Waals surface area contributed by atoms with E-state index < -0.39 is 11.6 Å². The Morgan fingerprint density at radius 1 is 1.37 bits per heavy atom. The molecule has 6 heteroatoms. The van der Waals surface area contributed by atoms with Crippen molar-refractivity contribution in [1.82, 2.24) is 5.32 Å². The molecule has 0 saturated heterocycles. The average molecular weight is 271 g/mol. The van der Waals surface area contributed by atoms with Gasteiger partial charge in [-0.15, -0.1) is 0 Å². The van der Waals surface area contributed by atoms with Crippen LogP contribution in [0.25, 0.3) is 0 Å².